The zero-order chi connectivity index (χ0) is 20.5. The first-order valence-corrected chi connectivity index (χ1v) is 11.3. The van der Waals surface area contributed by atoms with E-state index in [0.29, 0.717) is 6.04 Å². The van der Waals surface area contributed by atoms with E-state index in [0.717, 1.165) is 37.3 Å². The number of methoxy groups -OCH3 is 1. The minimum Gasteiger partial charge on any atom is -0.495 e. The van der Waals surface area contributed by atoms with Crippen molar-refractivity contribution in [3.63, 3.8) is 0 Å². The van der Waals surface area contributed by atoms with Gasteiger partial charge in [0.1, 0.15) is 5.75 Å². The second kappa shape index (κ2) is 11.3. The van der Waals surface area contributed by atoms with Gasteiger partial charge in [-0.1, -0.05) is 19.1 Å². The summed E-state index contributed by atoms with van der Waals surface area (Å²) in [5.74, 6) is 2.73. The Balaban J connectivity index is 1.44. The molecule has 2 fully saturated rings. The van der Waals surface area contributed by atoms with Crippen LogP contribution in [0.15, 0.2) is 29.3 Å². The number of anilines is 1. The second-order valence-electron chi connectivity index (χ2n) is 8.27. The van der Waals surface area contributed by atoms with E-state index in [1.54, 1.807) is 7.11 Å². The van der Waals surface area contributed by atoms with E-state index in [-0.39, 0.29) is 0 Å². The fourth-order valence-electron chi connectivity index (χ4n) is 4.58. The van der Waals surface area contributed by atoms with Crippen molar-refractivity contribution in [2.75, 3.05) is 58.3 Å². The molecule has 2 aliphatic heterocycles. The lowest BCUT2D eigenvalue weighted by atomic mass is 9.93. The van der Waals surface area contributed by atoms with Crippen LogP contribution in [0.5, 0.6) is 5.75 Å². The van der Waals surface area contributed by atoms with Gasteiger partial charge in [-0.2, -0.15) is 0 Å². The van der Waals surface area contributed by atoms with Crippen molar-refractivity contribution in [3.05, 3.63) is 24.3 Å². The van der Waals surface area contributed by atoms with Crippen LogP contribution in [0.4, 0.5) is 5.69 Å². The number of rotatable bonds is 7. The van der Waals surface area contributed by atoms with Crippen LogP contribution < -0.4 is 20.3 Å². The molecular formula is C23H39N5O. The van der Waals surface area contributed by atoms with Gasteiger partial charge in [-0.3, -0.25) is 4.99 Å². The molecule has 0 aromatic heterocycles. The van der Waals surface area contributed by atoms with E-state index < -0.39 is 0 Å². The van der Waals surface area contributed by atoms with E-state index in [1.165, 1.54) is 57.4 Å². The number of benzene rings is 1. The summed E-state index contributed by atoms with van der Waals surface area (Å²) in [5.41, 5.74) is 1.18. The van der Waals surface area contributed by atoms with Crippen LogP contribution in [0.3, 0.4) is 0 Å². The van der Waals surface area contributed by atoms with Crippen LogP contribution in [0, 0.1) is 5.92 Å². The van der Waals surface area contributed by atoms with Gasteiger partial charge in [0.05, 0.1) is 12.8 Å². The van der Waals surface area contributed by atoms with E-state index in [4.69, 9.17) is 4.74 Å². The number of ether oxygens (including phenoxy) is 1. The highest BCUT2D eigenvalue weighted by molar-refractivity contribution is 5.80. The summed E-state index contributed by atoms with van der Waals surface area (Å²) in [6, 6.07) is 8.70. The van der Waals surface area contributed by atoms with Gasteiger partial charge in [-0.15, -0.1) is 0 Å². The largest absolute Gasteiger partial charge is 0.495 e. The molecule has 0 spiro atoms. The molecule has 2 saturated heterocycles. The molecule has 2 aliphatic rings. The summed E-state index contributed by atoms with van der Waals surface area (Å²) >= 11 is 0. The number of hydrogen-bond donors (Lipinski definition) is 2. The van der Waals surface area contributed by atoms with Gasteiger partial charge in [0, 0.05) is 32.7 Å². The zero-order valence-corrected chi connectivity index (χ0v) is 18.5. The monoisotopic (exact) mass is 401 g/mol. The van der Waals surface area contributed by atoms with Gasteiger partial charge in [0.25, 0.3) is 0 Å². The number of piperidine rings is 2. The van der Waals surface area contributed by atoms with E-state index >= 15 is 0 Å². The zero-order valence-electron chi connectivity index (χ0n) is 18.5. The molecule has 0 bridgehead atoms. The van der Waals surface area contributed by atoms with E-state index in [9.17, 15) is 0 Å². The molecule has 2 heterocycles. The Hall–Kier alpha value is -1.95. The molecule has 0 saturated carbocycles. The number of para-hydroxylation sites is 2. The SMILES string of the molecule is CCN1CCC(CCNC(=NC)NC2CCCN(c3ccccc3OC)C2)CC1. The summed E-state index contributed by atoms with van der Waals surface area (Å²) in [6.45, 7) is 9.01. The van der Waals surface area contributed by atoms with Crippen LogP contribution in [-0.4, -0.2) is 70.3 Å². The molecule has 3 rings (SSSR count). The lowest BCUT2D eigenvalue weighted by Crippen LogP contribution is -2.51. The van der Waals surface area contributed by atoms with Crippen LogP contribution in [0.1, 0.15) is 39.0 Å². The maximum atomic E-state index is 5.56. The maximum absolute atomic E-state index is 5.56. The van der Waals surface area contributed by atoms with Crippen molar-refractivity contribution in [1.29, 1.82) is 0 Å². The molecule has 0 radical (unpaired) electrons. The van der Waals surface area contributed by atoms with Crippen LogP contribution in [0.2, 0.25) is 0 Å². The minimum absolute atomic E-state index is 0.396. The predicted molar refractivity (Wildman–Crippen MR) is 122 cm³/mol. The first-order chi connectivity index (χ1) is 14.2. The normalized spacial score (nSPS) is 21.8. The summed E-state index contributed by atoms with van der Waals surface area (Å²) in [4.78, 5) is 9.45. The number of guanidine groups is 1. The van der Waals surface area contributed by atoms with Crippen LogP contribution in [-0.2, 0) is 0 Å². The van der Waals surface area contributed by atoms with Crippen molar-refractivity contribution in [3.8, 4) is 5.75 Å². The Labute approximate surface area is 176 Å². The minimum atomic E-state index is 0.396. The van der Waals surface area contributed by atoms with E-state index in [2.05, 4.69) is 44.5 Å². The molecule has 162 valence electrons. The predicted octanol–water partition coefficient (Wildman–Crippen LogP) is 2.95. The highest BCUT2D eigenvalue weighted by atomic mass is 16.5. The Morgan fingerprint density at radius 2 is 1.97 bits per heavy atom. The van der Waals surface area contributed by atoms with Gasteiger partial charge in [-0.05, 0) is 69.8 Å². The number of hydrogen-bond acceptors (Lipinski definition) is 4. The lowest BCUT2D eigenvalue weighted by molar-refractivity contribution is 0.187. The fourth-order valence-corrected chi connectivity index (χ4v) is 4.58. The van der Waals surface area contributed by atoms with Crippen LogP contribution >= 0.6 is 0 Å². The lowest BCUT2D eigenvalue weighted by Gasteiger charge is -2.36. The van der Waals surface area contributed by atoms with Crippen molar-refractivity contribution in [1.82, 2.24) is 15.5 Å². The summed E-state index contributed by atoms with van der Waals surface area (Å²) < 4.78 is 5.56. The first kappa shape index (κ1) is 21.8. The molecule has 0 aliphatic carbocycles. The Morgan fingerprint density at radius 1 is 1.17 bits per heavy atom. The molecule has 1 unspecified atom stereocenters. The molecule has 6 nitrogen and oxygen atoms in total. The molecule has 6 heteroatoms. The Morgan fingerprint density at radius 3 is 2.69 bits per heavy atom. The summed E-state index contributed by atoms with van der Waals surface area (Å²) in [5, 5.41) is 7.19. The highest BCUT2D eigenvalue weighted by Gasteiger charge is 2.23. The van der Waals surface area contributed by atoms with Gasteiger partial charge in [-0.25, -0.2) is 0 Å². The first-order valence-electron chi connectivity index (χ1n) is 11.3. The summed E-state index contributed by atoms with van der Waals surface area (Å²) in [7, 11) is 3.62. The third-order valence-electron chi connectivity index (χ3n) is 6.41. The Kier molecular flexibility index (Phi) is 8.47. The summed E-state index contributed by atoms with van der Waals surface area (Å²) in [6.07, 6.45) is 6.23. The van der Waals surface area contributed by atoms with Crippen molar-refractivity contribution < 1.29 is 4.74 Å². The van der Waals surface area contributed by atoms with Crippen molar-refractivity contribution in [2.45, 2.75) is 45.1 Å². The number of nitrogens with one attached hydrogen (secondary N) is 2. The molecule has 29 heavy (non-hydrogen) atoms. The second-order valence-corrected chi connectivity index (χ2v) is 8.27. The topological polar surface area (TPSA) is 52.1 Å². The number of nitrogens with zero attached hydrogens (tertiary/aromatic N) is 3. The third kappa shape index (κ3) is 6.26. The standard InChI is InChI=1S/C23H39N5O/c1-4-27-16-12-19(13-17-27)11-14-25-23(24-2)26-20-8-7-15-28(18-20)21-9-5-6-10-22(21)29-3/h5-6,9-10,19-20H,4,7-8,11-18H2,1-3H3,(H2,24,25,26). The van der Waals surface area contributed by atoms with Gasteiger partial charge < -0.3 is 25.2 Å². The van der Waals surface area contributed by atoms with Gasteiger partial charge in [0.2, 0.25) is 0 Å². The van der Waals surface area contributed by atoms with Gasteiger partial charge >= 0.3 is 0 Å². The maximum Gasteiger partial charge on any atom is 0.191 e. The molecular weight excluding hydrogens is 362 g/mol. The van der Waals surface area contributed by atoms with Gasteiger partial charge in [0.15, 0.2) is 5.96 Å². The molecule has 1 atom stereocenters. The number of likely N-dealkylation sites (tertiary alicyclic amines) is 1. The number of aliphatic imine (C=N–C) groups is 1. The average Bonchev–Trinajstić information content (AvgIpc) is 2.79. The Bertz CT molecular complexity index is 642. The van der Waals surface area contributed by atoms with Crippen molar-refractivity contribution >= 4 is 11.6 Å². The highest BCUT2D eigenvalue weighted by Crippen LogP contribution is 2.29. The fraction of sp³-hybridized carbons (Fsp3) is 0.696. The third-order valence-corrected chi connectivity index (χ3v) is 6.41. The average molecular weight is 402 g/mol. The van der Waals surface area contributed by atoms with Crippen molar-refractivity contribution in [2.24, 2.45) is 10.9 Å². The van der Waals surface area contributed by atoms with E-state index in [1.807, 2.05) is 19.2 Å². The molecule has 0 amide bonds. The quantitative estimate of drug-likeness (QED) is 0.543. The van der Waals surface area contributed by atoms with Crippen LogP contribution in [0.25, 0.3) is 0 Å². The smallest absolute Gasteiger partial charge is 0.191 e. The molecule has 1 aromatic carbocycles. The molecule has 1 aromatic rings. The molecule has 2 N–H and O–H groups in total.